The zero-order valence-corrected chi connectivity index (χ0v) is 12.1. The predicted octanol–water partition coefficient (Wildman–Crippen LogP) is 2.65. The number of hydrogen-bond acceptors (Lipinski definition) is 2. The van der Waals surface area contributed by atoms with Crippen LogP contribution in [0.2, 0.25) is 0 Å². The highest BCUT2D eigenvalue weighted by atomic mass is 79.9. The van der Waals surface area contributed by atoms with Crippen LogP contribution >= 0.6 is 32.9 Å². The fourth-order valence-electron chi connectivity index (χ4n) is 1.88. The zero-order valence-electron chi connectivity index (χ0n) is 8.83. The number of rotatable bonds is 2. The highest BCUT2D eigenvalue weighted by molar-refractivity contribution is 9.10. The van der Waals surface area contributed by atoms with E-state index in [1.54, 1.807) is 0 Å². The van der Waals surface area contributed by atoms with Crippen LogP contribution in [0.25, 0.3) is 0 Å². The predicted molar refractivity (Wildman–Crippen MR) is 68.6 cm³/mol. The van der Waals surface area contributed by atoms with Crippen molar-refractivity contribution in [3.8, 4) is 0 Å². The summed E-state index contributed by atoms with van der Waals surface area (Å²) in [5.74, 6) is 0.660. The SMILES string of the molecule is Br.CN(C)CC1CCCCC(Br)C1=O. The number of carbonyl (C=O) groups is 1. The topological polar surface area (TPSA) is 20.3 Å². The highest BCUT2D eigenvalue weighted by Gasteiger charge is 2.27. The number of hydrogen-bond donors (Lipinski definition) is 0. The first-order valence-electron chi connectivity index (χ1n) is 4.94. The van der Waals surface area contributed by atoms with E-state index in [0.717, 1.165) is 19.4 Å². The second kappa shape index (κ2) is 6.96. The Hall–Kier alpha value is 0.590. The van der Waals surface area contributed by atoms with Gasteiger partial charge in [0.25, 0.3) is 0 Å². The number of Topliss-reactive ketones (excluding diaryl/α,β-unsaturated/α-hetero) is 1. The largest absolute Gasteiger partial charge is 0.309 e. The van der Waals surface area contributed by atoms with E-state index in [4.69, 9.17) is 0 Å². The van der Waals surface area contributed by atoms with Gasteiger partial charge in [0.1, 0.15) is 0 Å². The van der Waals surface area contributed by atoms with Crippen molar-refractivity contribution < 1.29 is 4.79 Å². The average Bonchev–Trinajstić information content (AvgIpc) is 2.19. The van der Waals surface area contributed by atoms with Gasteiger partial charge in [-0.25, -0.2) is 0 Å². The third kappa shape index (κ3) is 4.41. The molecule has 4 heteroatoms. The van der Waals surface area contributed by atoms with Gasteiger partial charge in [-0.05, 0) is 26.9 Å². The first kappa shape index (κ1) is 14.6. The smallest absolute Gasteiger partial charge is 0.150 e. The fourth-order valence-corrected chi connectivity index (χ4v) is 2.57. The molecule has 0 aromatic carbocycles. The molecular formula is C10H19Br2NO. The third-order valence-electron chi connectivity index (χ3n) is 2.56. The average molecular weight is 329 g/mol. The van der Waals surface area contributed by atoms with Crippen molar-refractivity contribution >= 4 is 38.7 Å². The van der Waals surface area contributed by atoms with Crippen LogP contribution < -0.4 is 0 Å². The van der Waals surface area contributed by atoms with Gasteiger partial charge in [0.05, 0.1) is 4.83 Å². The summed E-state index contributed by atoms with van der Waals surface area (Å²) in [5, 5.41) is 0. The van der Waals surface area contributed by atoms with Crippen LogP contribution in [0.1, 0.15) is 25.7 Å². The number of halogens is 2. The van der Waals surface area contributed by atoms with E-state index in [-0.39, 0.29) is 27.7 Å². The number of ketones is 1. The molecule has 1 rings (SSSR count). The van der Waals surface area contributed by atoms with Gasteiger partial charge in [0.2, 0.25) is 0 Å². The maximum Gasteiger partial charge on any atom is 0.150 e. The molecule has 0 amide bonds. The van der Waals surface area contributed by atoms with E-state index >= 15 is 0 Å². The molecule has 0 heterocycles. The van der Waals surface area contributed by atoms with Crippen molar-refractivity contribution in [2.24, 2.45) is 5.92 Å². The quantitative estimate of drug-likeness (QED) is 0.573. The van der Waals surface area contributed by atoms with E-state index in [9.17, 15) is 4.79 Å². The summed E-state index contributed by atoms with van der Waals surface area (Å²) < 4.78 is 0. The number of carbonyl (C=O) groups excluding carboxylic acids is 1. The Balaban J connectivity index is 0.00000169. The summed E-state index contributed by atoms with van der Waals surface area (Å²) in [6, 6.07) is 0. The van der Waals surface area contributed by atoms with Crippen LogP contribution in [0.5, 0.6) is 0 Å². The van der Waals surface area contributed by atoms with Crippen LogP contribution in [0, 0.1) is 5.92 Å². The Morgan fingerprint density at radius 2 is 1.93 bits per heavy atom. The van der Waals surface area contributed by atoms with Crippen molar-refractivity contribution in [2.45, 2.75) is 30.5 Å². The molecule has 1 aliphatic carbocycles. The van der Waals surface area contributed by atoms with Crippen molar-refractivity contribution in [3.05, 3.63) is 0 Å². The molecule has 0 N–H and O–H groups in total. The number of nitrogens with zero attached hydrogens (tertiary/aromatic N) is 1. The second-order valence-electron chi connectivity index (χ2n) is 4.11. The van der Waals surface area contributed by atoms with Crippen LogP contribution in [0.15, 0.2) is 0 Å². The minimum atomic E-state index is 0. The van der Waals surface area contributed by atoms with Crippen LogP contribution in [0.4, 0.5) is 0 Å². The fraction of sp³-hybridized carbons (Fsp3) is 0.900. The number of alkyl halides is 1. The highest BCUT2D eigenvalue weighted by Crippen LogP contribution is 2.25. The van der Waals surface area contributed by atoms with E-state index in [1.807, 2.05) is 14.1 Å². The molecule has 1 fully saturated rings. The maximum atomic E-state index is 11.8. The molecule has 0 saturated heterocycles. The molecule has 0 aromatic rings. The third-order valence-corrected chi connectivity index (χ3v) is 3.47. The first-order chi connectivity index (χ1) is 6.11. The van der Waals surface area contributed by atoms with Gasteiger partial charge in [-0.3, -0.25) is 4.79 Å². The minimum absolute atomic E-state index is 0. The van der Waals surface area contributed by atoms with Gasteiger partial charge < -0.3 is 4.90 Å². The summed E-state index contributed by atoms with van der Waals surface area (Å²) in [5.41, 5.74) is 0. The van der Waals surface area contributed by atoms with E-state index < -0.39 is 0 Å². The summed E-state index contributed by atoms with van der Waals surface area (Å²) in [4.78, 5) is 14.0. The first-order valence-corrected chi connectivity index (χ1v) is 5.85. The van der Waals surface area contributed by atoms with Gasteiger partial charge in [-0.1, -0.05) is 28.8 Å². The molecule has 0 aliphatic heterocycles. The standard InChI is InChI=1S/C10H18BrNO.BrH/c1-12(2)7-8-5-3-4-6-9(11)10(8)13;/h8-9H,3-7H2,1-2H3;1H. The molecule has 0 spiro atoms. The minimum Gasteiger partial charge on any atom is -0.309 e. The lowest BCUT2D eigenvalue weighted by Gasteiger charge is -2.19. The lowest BCUT2D eigenvalue weighted by Crippen LogP contribution is -2.31. The van der Waals surface area contributed by atoms with Crippen LogP contribution in [-0.4, -0.2) is 36.2 Å². The molecule has 0 radical (unpaired) electrons. The Morgan fingerprint density at radius 3 is 2.50 bits per heavy atom. The van der Waals surface area contributed by atoms with Gasteiger partial charge in [-0.15, -0.1) is 17.0 Å². The molecule has 1 saturated carbocycles. The zero-order chi connectivity index (χ0) is 9.84. The lowest BCUT2D eigenvalue weighted by atomic mass is 9.99. The molecule has 84 valence electrons. The molecule has 2 unspecified atom stereocenters. The van der Waals surface area contributed by atoms with Crippen molar-refractivity contribution in [3.63, 3.8) is 0 Å². The summed E-state index contributed by atoms with van der Waals surface area (Å²) in [7, 11) is 4.06. The summed E-state index contributed by atoms with van der Waals surface area (Å²) >= 11 is 3.47. The van der Waals surface area contributed by atoms with E-state index in [2.05, 4.69) is 20.8 Å². The molecule has 2 atom stereocenters. The molecule has 0 bridgehead atoms. The summed E-state index contributed by atoms with van der Waals surface area (Å²) in [6.45, 7) is 0.904. The van der Waals surface area contributed by atoms with Gasteiger partial charge in [0.15, 0.2) is 5.78 Å². The van der Waals surface area contributed by atoms with E-state index in [0.29, 0.717) is 5.78 Å². The van der Waals surface area contributed by atoms with Crippen molar-refractivity contribution in [2.75, 3.05) is 20.6 Å². The molecular weight excluding hydrogens is 310 g/mol. The lowest BCUT2D eigenvalue weighted by molar-refractivity contribution is -0.122. The maximum absolute atomic E-state index is 11.8. The van der Waals surface area contributed by atoms with Crippen molar-refractivity contribution in [1.82, 2.24) is 4.90 Å². The van der Waals surface area contributed by atoms with Gasteiger partial charge in [0, 0.05) is 12.5 Å². The monoisotopic (exact) mass is 327 g/mol. The van der Waals surface area contributed by atoms with Crippen molar-refractivity contribution in [1.29, 1.82) is 0 Å². The van der Waals surface area contributed by atoms with Crippen LogP contribution in [0.3, 0.4) is 0 Å². The Morgan fingerprint density at radius 1 is 1.36 bits per heavy atom. The molecule has 0 aromatic heterocycles. The Labute approximate surface area is 105 Å². The van der Waals surface area contributed by atoms with Crippen LogP contribution in [-0.2, 0) is 4.79 Å². The summed E-state index contributed by atoms with van der Waals surface area (Å²) in [6.07, 6.45) is 4.47. The van der Waals surface area contributed by atoms with Gasteiger partial charge in [-0.2, -0.15) is 0 Å². The Bertz CT molecular complexity index is 185. The molecule has 2 nitrogen and oxygen atoms in total. The normalized spacial score (nSPS) is 28.4. The molecule has 14 heavy (non-hydrogen) atoms. The van der Waals surface area contributed by atoms with E-state index in [1.165, 1.54) is 12.8 Å². The second-order valence-corrected chi connectivity index (χ2v) is 5.22. The van der Waals surface area contributed by atoms with Gasteiger partial charge >= 0.3 is 0 Å². The Kier molecular flexibility index (Phi) is 7.26. The molecule has 1 aliphatic rings.